The van der Waals surface area contributed by atoms with Gasteiger partial charge in [-0.2, -0.15) is 0 Å². The van der Waals surface area contributed by atoms with Gasteiger partial charge in [0.05, 0.1) is 0 Å². The van der Waals surface area contributed by atoms with Gasteiger partial charge in [0.1, 0.15) is 0 Å². The summed E-state index contributed by atoms with van der Waals surface area (Å²) in [5.74, 6) is -2.62. The minimum atomic E-state index is -2.62. The molecule has 1 rings (SSSR count). The van der Waals surface area contributed by atoms with Crippen LogP contribution in [0.4, 0.5) is 8.78 Å². The Morgan fingerprint density at radius 3 is 1.75 bits per heavy atom. The molecule has 0 unspecified atom stereocenters. The number of hydrogen-bond acceptors (Lipinski definition) is 1. The molecule has 0 aromatic heterocycles. The van der Waals surface area contributed by atoms with E-state index in [9.17, 15) is 13.9 Å². The quantitative estimate of drug-likeness (QED) is 0.337. The normalized spacial score (nSPS) is 25.9. The molecule has 0 atom stereocenters. The van der Waals surface area contributed by atoms with Crippen molar-refractivity contribution in [2.75, 3.05) is 0 Å². The molecule has 0 aromatic rings. The molecule has 0 amide bonds. The van der Waals surface area contributed by atoms with Crippen LogP contribution in [0.25, 0.3) is 0 Å². The number of hydrogen-bond donors (Lipinski definition) is 0. The Labute approximate surface area is 88.9 Å². The van der Waals surface area contributed by atoms with Crippen LogP contribution in [0.15, 0.2) is 0 Å². The van der Waals surface area contributed by atoms with Crippen LogP contribution in [0, 0.1) is 0 Å². The zero-order valence-corrected chi connectivity index (χ0v) is 7.78. The van der Waals surface area contributed by atoms with Gasteiger partial charge in [0.15, 0.2) is 0 Å². The summed E-state index contributed by atoms with van der Waals surface area (Å²) in [7, 11) is 0. The summed E-state index contributed by atoms with van der Waals surface area (Å²) in [6.45, 7) is 0. The molecule has 4 heteroatoms. The monoisotopic (exact) mass is 146 g/mol. The van der Waals surface area contributed by atoms with E-state index in [1.165, 1.54) is 0 Å². The maximum atomic E-state index is 11.6. The fraction of sp³-hybridized carbons (Fsp3) is 1.00. The minimum Gasteiger partial charge on any atom is -0.852 e. The van der Waals surface area contributed by atoms with Crippen molar-refractivity contribution in [3.63, 3.8) is 0 Å². The van der Waals surface area contributed by atoms with E-state index in [-0.39, 0.29) is 51.4 Å². The van der Waals surface area contributed by atoms with Gasteiger partial charge in [-0.15, -0.1) is 6.10 Å². The first-order chi connectivity index (χ1) is 3.10. The Morgan fingerprint density at radius 2 is 1.75 bits per heavy atom. The predicted octanol–water partition coefficient (Wildman–Crippen LogP) is -2.85. The van der Waals surface area contributed by atoms with Crippen molar-refractivity contribution in [1.29, 1.82) is 0 Å². The number of halogens is 2. The first kappa shape index (κ1) is 9.46. The molecule has 8 heavy (non-hydrogen) atoms. The molecule has 0 aliphatic heterocycles. The van der Waals surface area contributed by atoms with Gasteiger partial charge in [0.25, 0.3) is 0 Å². The summed E-state index contributed by atoms with van der Waals surface area (Å²) < 4.78 is 23.2. The second-order valence-electron chi connectivity index (χ2n) is 1.89. The SMILES string of the molecule is [K+].[O-]C1CC(F)(F)C1. The van der Waals surface area contributed by atoms with Gasteiger partial charge >= 0.3 is 51.4 Å². The van der Waals surface area contributed by atoms with Crippen LogP contribution in [-0.4, -0.2) is 12.0 Å². The summed E-state index contributed by atoms with van der Waals surface area (Å²) in [4.78, 5) is 0. The molecule has 1 saturated carbocycles. The van der Waals surface area contributed by atoms with E-state index < -0.39 is 24.9 Å². The van der Waals surface area contributed by atoms with Crippen LogP contribution < -0.4 is 56.5 Å². The zero-order chi connectivity index (χ0) is 5.49. The molecule has 0 aromatic carbocycles. The van der Waals surface area contributed by atoms with Gasteiger partial charge in [-0.05, 0) is 12.8 Å². The van der Waals surface area contributed by atoms with Crippen LogP contribution in [0.5, 0.6) is 0 Å². The summed E-state index contributed by atoms with van der Waals surface area (Å²) in [5.41, 5.74) is 0. The van der Waals surface area contributed by atoms with E-state index >= 15 is 0 Å². The molecule has 0 radical (unpaired) electrons. The fourth-order valence-electron chi connectivity index (χ4n) is 0.606. The third kappa shape index (κ3) is 2.37. The van der Waals surface area contributed by atoms with E-state index in [2.05, 4.69) is 0 Å². The Morgan fingerprint density at radius 1 is 1.38 bits per heavy atom. The molecule has 1 aliphatic rings. The van der Waals surface area contributed by atoms with Crippen molar-refractivity contribution in [1.82, 2.24) is 0 Å². The molecule has 0 bridgehead atoms. The maximum Gasteiger partial charge on any atom is 1.00 e. The van der Waals surface area contributed by atoms with Gasteiger partial charge in [0.2, 0.25) is 5.92 Å². The molecular formula is C4H5F2KO. The number of rotatable bonds is 0. The minimum absolute atomic E-state index is 0. The Balaban J connectivity index is 0.000000490. The molecule has 1 fully saturated rings. The van der Waals surface area contributed by atoms with E-state index in [0.717, 1.165) is 0 Å². The average molecular weight is 146 g/mol. The second kappa shape index (κ2) is 3.03. The summed E-state index contributed by atoms with van der Waals surface area (Å²) in [6.07, 6.45) is -1.89. The van der Waals surface area contributed by atoms with Gasteiger partial charge in [0, 0.05) is 0 Å². The van der Waals surface area contributed by atoms with Crippen LogP contribution in [0.1, 0.15) is 12.8 Å². The molecular weight excluding hydrogens is 141 g/mol. The first-order valence-corrected chi connectivity index (χ1v) is 2.14. The van der Waals surface area contributed by atoms with Gasteiger partial charge in [-0.25, -0.2) is 8.78 Å². The predicted molar refractivity (Wildman–Crippen MR) is 18.0 cm³/mol. The Bertz CT molecular complexity index is 78.1. The smallest absolute Gasteiger partial charge is 0.852 e. The van der Waals surface area contributed by atoms with Gasteiger partial charge < -0.3 is 5.11 Å². The van der Waals surface area contributed by atoms with Crippen molar-refractivity contribution in [2.24, 2.45) is 0 Å². The van der Waals surface area contributed by atoms with Crippen LogP contribution in [0.2, 0.25) is 0 Å². The molecule has 0 N–H and O–H groups in total. The summed E-state index contributed by atoms with van der Waals surface area (Å²) >= 11 is 0. The van der Waals surface area contributed by atoms with E-state index in [1.54, 1.807) is 0 Å². The van der Waals surface area contributed by atoms with E-state index in [4.69, 9.17) is 0 Å². The molecule has 1 nitrogen and oxygen atoms in total. The molecule has 1 aliphatic carbocycles. The number of alkyl halides is 2. The molecule has 0 heterocycles. The fourth-order valence-corrected chi connectivity index (χ4v) is 0.606. The van der Waals surface area contributed by atoms with Crippen LogP contribution in [0.3, 0.4) is 0 Å². The Hall–Kier alpha value is 1.46. The van der Waals surface area contributed by atoms with E-state index in [1.807, 2.05) is 0 Å². The topological polar surface area (TPSA) is 23.1 Å². The maximum absolute atomic E-state index is 11.6. The van der Waals surface area contributed by atoms with Gasteiger partial charge in [-0.1, -0.05) is 0 Å². The van der Waals surface area contributed by atoms with Gasteiger partial charge in [-0.3, -0.25) is 0 Å². The molecule has 0 spiro atoms. The molecule has 42 valence electrons. The Kier molecular flexibility index (Phi) is 3.58. The van der Waals surface area contributed by atoms with Crippen molar-refractivity contribution in [3.8, 4) is 0 Å². The van der Waals surface area contributed by atoms with Crippen LogP contribution >= 0.6 is 0 Å². The summed E-state index contributed by atoms with van der Waals surface area (Å²) in [5, 5.41) is 9.92. The second-order valence-corrected chi connectivity index (χ2v) is 1.89. The van der Waals surface area contributed by atoms with E-state index in [0.29, 0.717) is 0 Å². The standard InChI is InChI=1S/C4H5F2O.K/c5-4(6)1-3(7)2-4;/h3H,1-2H2;/q-1;+1. The molecule has 0 saturated heterocycles. The third-order valence-corrected chi connectivity index (χ3v) is 1.05. The van der Waals surface area contributed by atoms with Crippen molar-refractivity contribution < 1.29 is 65.3 Å². The van der Waals surface area contributed by atoms with Crippen molar-refractivity contribution >= 4 is 0 Å². The summed E-state index contributed by atoms with van der Waals surface area (Å²) in [6, 6.07) is 0. The zero-order valence-electron chi connectivity index (χ0n) is 4.66. The largest absolute Gasteiger partial charge is 1.00 e. The average Bonchev–Trinajstić information content (AvgIpc) is 1.27. The van der Waals surface area contributed by atoms with Crippen LogP contribution in [-0.2, 0) is 0 Å². The third-order valence-electron chi connectivity index (χ3n) is 1.05. The first-order valence-electron chi connectivity index (χ1n) is 2.14. The van der Waals surface area contributed by atoms with Crippen molar-refractivity contribution in [3.05, 3.63) is 0 Å². The van der Waals surface area contributed by atoms with Crippen molar-refractivity contribution in [2.45, 2.75) is 24.9 Å².